The molecule has 1 aromatic heterocycles. The number of unbranched alkanes of at least 4 members (excludes halogenated alkanes) is 1. The zero-order chi connectivity index (χ0) is 20.8. The molecule has 3 aromatic rings. The Labute approximate surface area is 186 Å². The first kappa shape index (κ1) is 21.8. The SMILES string of the molecule is CCCCSc1nnc(CNC(=O)c2c(F)cccc2Cl)n1-c1ccc(Br)cc1. The molecule has 1 amide bonds. The fourth-order valence-electron chi connectivity index (χ4n) is 2.63. The first-order chi connectivity index (χ1) is 14.0. The lowest BCUT2D eigenvalue weighted by Crippen LogP contribution is -2.26. The molecule has 1 heterocycles. The number of rotatable bonds is 8. The Morgan fingerprint density at radius 2 is 2.00 bits per heavy atom. The third-order valence-corrected chi connectivity index (χ3v) is 5.97. The van der Waals surface area contributed by atoms with Gasteiger partial charge in [-0.05, 0) is 42.8 Å². The van der Waals surface area contributed by atoms with Gasteiger partial charge in [-0.25, -0.2) is 4.39 Å². The van der Waals surface area contributed by atoms with Crippen LogP contribution in [-0.2, 0) is 6.54 Å². The lowest BCUT2D eigenvalue weighted by molar-refractivity contribution is 0.0946. The summed E-state index contributed by atoms with van der Waals surface area (Å²) in [5.74, 6) is 0.202. The number of carbonyl (C=O) groups excluding carboxylic acids is 1. The Balaban J connectivity index is 1.84. The molecule has 0 atom stereocenters. The average molecular weight is 498 g/mol. The Bertz CT molecular complexity index is 976. The summed E-state index contributed by atoms with van der Waals surface area (Å²) in [6, 6.07) is 11.9. The monoisotopic (exact) mass is 496 g/mol. The fourth-order valence-corrected chi connectivity index (χ4v) is 4.20. The van der Waals surface area contributed by atoms with E-state index < -0.39 is 11.7 Å². The minimum atomic E-state index is -0.666. The van der Waals surface area contributed by atoms with Gasteiger partial charge >= 0.3 is 0 Å². The maximum Gasteiger partial charge on any atom is 0.256 e. The van der Waals surface area contributed by atoms with Crippen LogP contribution in [0, 0.1) is 5.82 Å². The highest BCUT2D eigenvalue weighted by Crippen LogP contribution is 2.24. The average Bonchev–Trinajstić information content (AvgIpc) is 3.10. The van der Waals surface area contributed by atoms with Crippen molar-refractivity contribution in [3.8, 4) is 5.69 Å². The molecular formula is C20H19BrClFN4OS. The molecule has 152 valence electrons. The molecular weight excluding hydrogens is 479 g/mol. The number of thioether (sulfide) groups is 1. The van der Waals surface area contributed by atoms with Crippen molar-refractivity contribution in [2.75, 3.05) is 5.75 Å². The van der Waals surface area contributed by atoms with Gasteiger partial charge in [-0.1, -0.05) is 58.7 Å². The quantitative estimate of drug-likeness (QED) is 0.323. The van der Waals surface area contributed by atoms with Crippen LogP contribution in [-0.4, -0.2) is 26.4 Å². The smallest absolute Gasteiger partial charge is 0.256 e. The van der Waals surface area contributed by atoms with Gasteiger partial charge < -0.3 is 5.32 Å². The van der Waals surface area contributed by atoms with Gasteiger partial charge in [0.15, 0.2) is 11.0 Å². The lowest BCUT2D eigenvalue weighted by Gasteiger charge is -2.12. The summed E-state index contributed by atoms with van der Waals surface area (Å²) in [6.07, 6.45) is 2.15. The van der Waals surface area contributed by atoms with Crippen LogP contribution in [0.25, 0.3) is 5.69 Å². The summed E-state index contributed by atoms with van der Waals surface area (Å²) < 4.78 is 16.9. The predicted octanol–water partition coefficient (Wildman–Crippen LogP) is 5.64. The van der Waals surface area contributed by atoms with E-state index >= 15 is 0 Å². The minimum absolute atomic E-state index is 0.0627. The molecule has 0 unspecified atom stereocenters. The number of aromatic nitrogens is 3. The van der Waals surface area contributed by atoms with Crippen LogP contribution in [0.5, 0.6) is 0 Å². The van der Waals surface area contributed by atoms with E-state index in [-0.39, 0.29) is 17.1 Å². The van der Waals surface area contributed by atoms with Crippen molar-refractivity contribution >= 4 is 45.2 Å². The van der Waals surface area contributed by atoms with Gasteiger partial charge in [0.1, 0.15) is 5.82 Å². The molecule has 0 radical (unpaired) electrons. The lowest BCUT2D eigenvalue weighted by atomic mass is 10.2. The molecule has 0 saturated carbocycles. The molecule has 5 nitrogen and oxygen atoms in total. The second-order valence-electron chi connectivity index (χ2n) is 6.19. The Kier molecular flexibility index (Phi) is 7.69. The van der Waals surface area contributed by atoms with Crippen molar-refractivity contribution in [2.24, 2.45) is 0 Å². The van der Waals surface area contributed by atoms with Crippen molar-refractivity contribution in [3.63, 3.8) is 0 Å². The van der Waals surface area contributed by atoms with Crippen LogP contribution in [0.3, 0.4) is 0 Å². The molecule has 0 saturated heterocycles. The predicted molar refractivity (Wildman–Crippen MR) is 117 cm³/mol. The Morgan fingerprint density at radius 1 is 1.24 bits per heavy atom. The second-order valence-corrected chi connectivity index (χ2v) is 8.58. The summed E-state index contributed by atoms with van der Waals surface area (Å²) in [5, 5.41) is 12.0. The standard InChI is InChI=1S/C20H19BrClFN4OS/c1-2-3-11-29-20-26-25-17(27(20)14-9-7-13(21)8-10-14)12-24-19(28)18-15(22)5-4-6-16(18)23/h4-10H,2-3,11-12H2,1H3,(H,24,28). The van der Waals surface area contributed by atoms with E-state index in [0.717, 1.165) is 33.9 Å². The first-order valence-corrected chi connectivity index (χ1v) is 11.2. The highest BCUT2D eigenvalue weighted by Gasteiger charge is 2.19. The molecule has 1 N–H and O–H groups in total. The van der Waals surface area contributed by atoms with Gasteiger partial charge in [0.05, 0.1) is 17.1 Å². The highest BCUT2D eigenvalue weighted by atomic mass is 79.9. The molecule has 0 aliphatic carbocycles. The van der Waals surface area contributed by atoms with Gasteiger partial charge in [0, 0.05) is 15.9 Å². The third-order valence-electron chi connectivity index (χ3n) is 4.11. The number of halogens is 3. The number of carbonyl (C=O) groups is 1. The number of nitrogens with zero attached hydrogens (tertiary/aromatic N) is 3. The zero-order valence-electron chi connectivity index (χ0n) is 15.7. The molecule has 2 aromatic carbocycles. The number of hydrogen-bond acceptors (Lipinski definition) is 4. The maximum absolute atomic E-state index is 14.0. The number of benzene rings is 2. The number of nitrogens with one attached hydrogen (secondary N) is 1. The van der Waals surface area contributed by atoms with Crippen molar-refractivity contribution in [1.82, 2.24) is 20.1 Å². The zero-order valence-corrected chi connectivity index (χ0v) is 18.8. The van der Waals surface area contributed by atoms with Crippen LogP contribution in [0.2, 0.25) is 5.02 Å². The van der Waals surface area contributed by atoms with Gasteiger partial charge in [-0.3, -0.25) is 9.36 Å². The molecule has 9 heteroatoms. The summed E-state index contributed by atoms with van der Waals surface area (Å²) in [6.45, 7) is 2.22. The number of hydrogen-bond donors (Lipinski definition) is 1. The van der Waals surface area contributed by atoms with E-state index in [2.05, 4.69) is 38.4 Å². The van der Waals surface area contributed by atoms with E-state index in [1.165, 1.54) is 18.2 Å². The van der Waals surface area contributed by atoms with E-state index in [9.17, 15) is 9.18 Å². The highest BCUT2D eigenvalue weighted by molar-refractivity contribution is 9.10. The van der Waals surface area contributed by atoms with Crippen LogP contribution in [0.15, 0.2) is 52.1 Å². The maximum atomic E-state index is 14.0. The molecule has 0 aliphatic rings. The van der Waals surface area contributed by atoms with E-state index in [1.54, 1.807) is 11.8 Å². The van der Waals surface area contributed by atoms with E-state index in [0.29, 0.717) is 5.82 Å². The molecule has 0 aliphatic heterocycles. The first-order valence-electron chi connectivity index (χ1n) is 9.06. The van der Waals surface area contributed by atoms with Crippen LogP contribution in [0.4, 0.5) is 4.39 Å². The molecule has 29 heavy (non-hydrogen) atoms. The molecule has 0 bridgehead atoms. The molecule has 0 fully saturated rings. The Morgan fingerprint density at radius 3 is 2.69 bits per heavy atom. The summed E-state index contributed by atoms with van der Waals surface area (Å²) >= 11 is 11.0. The van der Waals surface area contributed by atoms with E-state index in [1.807, 2.05) is 28.8 Å². The van der Waals surface area contributed by atoms with Crippen LogP contribution >= 0.6 is 39.3 Å². The van der Waals surface area contributed by atoms with Gasteiger partial charge in [0.25, 0.3) is 5.91 Å². The Hall–Kier alpha value is -1.90. The van der Waals surface area contributed by atoms with Crippen LogP contribution < -0.4 is 5.32 Å². The van der Waals surface area contributed by atoms with Crippen molar-refractivity contribution < 1.29 is 9.18 Å². The van der Waals surface area contributed by atoms with Crippen molar-refractivity contribution in [1.29, 1.82) is 0 Å². The molecule has 0 spiro atoms. The third kappa shape index (κ3) is 5.38. The topological polar surface area (TPSA) is 59.8 Å². The summed E-state index contributed by atoms with van der Waals surface area (Å²) in [5.41, 5.74) is 0.701. The van der Waals surface area contributed by atoms with Gasteiger partial charge in [0.2, 0.25) is 0 Å². The van der Waals surface area contributed by atoms with Crippen molar-refractivity contribution in [2.45, 2.75) is 31.5 Å². The minimum Gasteiger partial charge on any atom is -0.345 e. The second kappa shape index (κ2) is 10.2. The largest absolute Gasteiger partial charge is 0.345 e. The normalized spacial score (nSPS) is 10.9. The summed E-state index contributed by atoms with van der Waals surface area (Å²) in [7, 11) is 0. The number of amides is 1. The van der Waals surface area contributed by atoms with Gasteiger partial charge in [-0.15, -0.1) is 10.2 Å². The van der Waals surface area contributed by atoms with Crippen LogP contribution in [0.1, 0.15) is 35.9 Å². The van der Waals surface area contributed by atoms with Gasteiger partial charge in [-0.2, -0.15) is 0 Å². The van der Waals surface area contributed by atoms with E-state index in [4.69, 9.17) is 11.6 Å². The summed E-state index contributed by atoms with van der Waals surface area (Å²) in [4.78, 5) is 12.5. The fraction of sp³-hybridized carbons (Fsp3) is 0.250. The van der Waals surface area contributed by atoms with Crippen molar-refractivity contribution in [3.05, 3.63) is 69.2 Å². The molecule has 3 rings (SSSR count).